The second-order valence-electron chi connectivity index (χ2n) is 11.8. The van der Waals surface area contributed by atoms with Crippen LogP contribution < -0.4 is 9.47 Å². The maximum atomic E-state index is 13.1. The van der Waals surface area contributed by atoms with Crippen LogP contribution in [0.2, 0.25) is 30.1 Å². The molecule has 2 aromatic rings. The highest BCUT2D eigenvalue weighted by atomic mass is 35.5. The monoisotopic (exact) mass is 726 g/mol. The summed E-state index contributed by atoms with van der Waals surface area (Å²) in [5, 5.41) is -1.49. The zero-order valence-electron chi connectivity index (χ0n) is 24.1. The third kappa shape index (κ3) is 7.54. The molecule has 0 bridgehead atoms. The predicted octanol–water partition coefficient (Wildman–Crippen LogP) is 9.30. The number of hydrogen-bond acceptors (Lipinski definition) is 8. The van der Waals surface area contributed by atoms with Gasteiger partial charge in [0.05, 0.1) is 43.3 Å². The van der Waals surface area contributed by atoms with Gasteiger partial charge in [-0.2, -0.15) is 0 Å². The maximum Gasteiger partial charge on any atom is 0.423 e. The van der Waals surface area contributed by atoms with E-state index >= 15 is 0 Å². The molecule has 8 nitrogen and oxygen atoms in total. The first-order chi connectivity index (χ1) is 20.5. The molecule has 0 aliphatic heterocycles. The van der Waals surface area contributed by atoms with Crippen molar-refractivity contribution in [3.63, 3.8) is 0 Å². The number of ether oxygens (including phenoxy) is 4. The van der Waals surface area contributed by atoms with Gasteiger partial charge in [0.15, 0.2) is 11.5 Å². The summed E-state index contributed by atoms with van der Waals surface area (Å²) < 4.78 is 21.2. The van der Waals surface area contributed by atoms with Gasteiger partial charge in [0.1, 0.15) is 11.1 Å². The van der Waals surface area contributed by atoms with Crippen molar-refractivity contribution in [2.75, 3.05) is 13.2 Å². The molecule has 2 atom stereocenters. The van der Waals surface area contributed by atoms with Crippen molar-refractivity contribution in [2.45, 2.75) is 53.4 Å². The zero-order chi connectivity index (χ0) is 32.7. The molecule has 2 aromatic carbocycles. The standard InChI is InChI=1S/C30H28Cl6O8/c1-13(29(3)5-6-29)11-41-25(37)19-21(35)15(31)9-17(33)23(19)43-27(39)28(40)44-24-18(34)10-16(32)22(36)20(24)26(38)42-12-14(2)30(4)7-8-30/h9-10,13-14H,5-8,11-12H2,1-4H3. The Kier molecular flexibility index (Phi) is 10.7. The van der Waals surface area contributed by atoms with E-state index in [0.29, 0.717) is 0 Å². The quantitative estimate of drug-likeness (QED) is 0.103. The summed E-state index contributed by atoms with van der Waals surface area (Å²) in [6, 6.07) is 2.24. The first kappa shape index (κ1) is 34.9. The summed E-state index contributed by atoms with van der Waals surface area (Å²) in [5.41, 5.74) is -0.817. The van der Waals surface area contributed by atoms with E-state index in [9.17, 15) is 19.2 Å². The lowest BCUT2D eigenvalue weighted by molar-refractivity contribution is -0.156. The number of benzene rings is 2. The fourth-order valence-corrected chi connectivity index (χ4v) is 5.76. The Balaban J connectivity index is 1.54. The third-order valence-corrected chi connectivity index (χ3v) is 10.7. The molecular weight excluding hydrogens is 701 g/mol. The fraction of sp³-hybridized carbons (Fsp3) is 0.467. The largest absolute Gasteiger partial charge is 0.462 e. The molecule has 2 aliphatic carbocycles. The van der Waals surface area contributed by atoms with Gasteiger partial charge in [0, 0.05) is 0 Å². The van der Waals surface area contributed by atoms with E-state index < -0.39 is 46.5 Å². The second kappa shape index (κ2) is 13.4. The molecule has 0 N–H and O–H groups in total. The molecule has 2 saturated carbocycles. The fourth-order valence-electron chi connectivity index (χ4n) is 4.32. The van der Waals surface area contributed by atoms with E-state index in [1.807, 2.05) is 13.8 Å². The highest BCUT2D eigenvalue weighted by Gasteiger charge is 2.44. The molecule has 4 rings (SSSR count). The van der Waals surface area contributed by atoms with E-state index in [1.165, 1.54) is 0 Å². The molecule has 0 heterocycles. The molecule has 0 radical (unpaired) electrons. The van der Waals surface area contributed by atoms with Gasteiger partial charge in [-0.25, -0.2) is 19.2 Å². The van der Waals surface area contributed by atoms with Crippen LogP contribution in [0.25, 0.3) is 0 Å². The molecule has 2 fully saturated rings. The summed E-state index contributed by atoms with van der Waals surface area (Å²) in [4.78, 5) is 52.0. The van der Waals surface area contributed by atoms with Crippen LogP contribution in [-0.4, -0.2) is 37.1 Å². The average Bonchev–Trinajstić information content (AvgIpc) is 3.90. The Morgan fingerprint density at radius 3 is 1.25 bits per heavy atom. The van der Waals surface area contributed by atoms with Gasteiger partial charge >= 0.3 is 23.9 Å². The molecule has 44 heavy (non-hydrogen) atoms. The van der Waals surface area contributed by atoms with Gasteiger partial charge in [-0.1, -0.05) is 97.3 Å². The lowest BCUT2D eigenvalue weighted by Gasteiger charge is -2.20. The molecule has 0 amide bonds. The van der Waals surface area contributed by atoms with Crippen molar-refractivity contribution in [1.29, 1.82) is 0 Å². The van der Waals surface area contributed by atoms with Crippen LogP contribution in [0, 0.1) is 22.7 Å². The van der Waals surface area contributed by atoms with E-state index in [0.717, 1.165) is 37.8 Å². The first-order valence-corrected chi connectivity index (χ1v) is 15.9. The molecule has 0 aromatic heterocycles. The van der Waals surface area contributed by atoms with Crippen LogP contribution in [0.1, 0.15) is 74.1 Å². The minimum atomic E-state index is -1.64. The normalized spacial score (nSPS) is 17.2. The number of hydrogen-bond donors (Lipinski definition) is 0. The van der Waals surface area contributed by atoms with Crippen molar-refractivity contribution >= 4 is 93.5 Å². The van der Waals surface area contributed by atoms with Gasteiger partial charge in [-0.3, -0.25) is 0 Å². The Bertz CT molecular complexity index is 1420. The summed E-state index contributed by atoms with van der Waals surface area (Å²) in [5.74, 6) is -6.32. The summed E-state index contributed by atoms with van der Waals surface area (Å²) in [6.45, 7) is 8.14. The molecule has 2 unspecified atom stereocenters. The Morgan fingerprint density at radius 1 is 0.636 bits per heavy atom. The smallest absolute Gasteiger partial charge is 0.423 e. The van der Waals surface area contributed by atoms with Crippen LogP contribution in [-0.2, 0) is 19.1 Å². The Labute approximate surface area is 284 Å². The second-order valence-corrected chi connectivity index (χ2v) is 14.2. The molecule has 238 valence electrons. The van der Waals surface area contributed by atoms with Crippen LogP contribution >= 0.6 is 69.6 Å². The van der Waals surface area contributed by atoms with E-state index in [-0.39, 0.29) is 66.0 Å². The highest BCUT2D eigenvalue weighted by Crippen LogP contribution is 2.52. The molecule has 0 saturated heterocycles. The minimum absolute atomic E-state index is 0.0395. The number of rotatable bonds is 10. The summed E-state index contributed by atoms with van der Waals surface area (Å²) >= 11 is 37.2. The zero-order valence-corrected chi connectivity index (χ0v) is 28.6. The predicted molar refractivity (Wildman–Crippen MR) is 168 cm³/mol. The Hall–Kier alpha value is -1.94. The van der Waals surface area contributed by atoms with Crippen molar-refractivity contribution in [2.24, 2.45) is 22.7 Å². The SMILES string of the molecule is CC(COC(=O)c1c(Cl)c(Cl)cc(Cl)c1OC(=O)C(=O)Oc1c(Cl)cc(Cl)c(Cl)c1C(=O)OCC(C)C1(C)CC1)C1(C)CC1. The van der Waals surface area contributed by atoms with Gasteiger partial charge in [-0.15, -0.1) is 0 Å². The molecule has 14 heteroatoms. The van der Waals surface area contributed by atoms with Crippen LogP contribution in [0.15, 0.2) is 12.1 Å². The van der Waals surface area contributed by atoms with E-state index in [4.69, 9.17) is 88.6 Å². The van der Waals surface area contributed by atoms with Crippen LogP contribution in [0.5, 0.6) is 11.5 Å². The molecule has 2 aliphatic rings. The van der Waals surface area contributed by atoms with Gasteiger partial charge < -0.3 is 18.9 Å². The number of halogens is 6. The summed E-state index contributed by atoms with van der Waals surface area (Å²) in [6.07, 6.45) is 4.01. The van der Waals surface area contributed by atoms with Crippen molar-refractivity contribution in [3.05, 3.63) is 53.4 Å². The number of carbonyl (C=O) groups is 4. The van der Waals surface area contributed by atoms with Gasteiger partial charge in [0.2, 0.25) is 0 Å². The summed E-state index contributed by atoms with van der Waals surface area (Å²) in [7, 11) is 0. The minimum Gasteiger partial charge on any atom is -0.462 e. The number of esters is 4. The maximum absolute atomic E-state index is 13.1. The number of carbonyl (C=O) groups excluding carboxylic acids is 4. The first-order valence-electron chi connectivity index (χ1n) is 13.6. The average molecular weight is 729 g/mol. The lowest BCUT2D eigenvalue weighted by atomic mass is 9.94. The van der Waals surface area contributed by atoms with Gasteiger partial charge in [0.25, 0.3) is 0 Å². The topological polar surface area (TPSA) is 105 Å². The van der Waals surface area contributed by atoms with Gasteiger partial charge in [-0.05, 0) is 60.5 Å². The highest BCUT2D eigenvalue weighted by molar-refractivity contribution is 6.47. The van der Waals surface area contributed by atoms with E-state index in [2.05, 4.69) is 13.8 Å². The molecular formula is C30H28Cl6O8. The molecule has 0 spiro atoms. The van der Waals surface area contributed by atoms with Crippen LogP contribution in [0.3, 0.4) is 0 Å². The van der Waals surface area contributed by atoms with Crippen molar-refractivity contribution in [3.8, 4) is 11.5 Å². The van der Waals surface area contributed by atoms with Crippen molar-refractivity contribution < 1.29 is 38.1 Å². The van der Waals surface area contributed by atoms with Crippen molar-refractivity contribution in [1.82, 2.24) is 0 Å². The van der Waals surface area contributed by atoms with E-state index in [1.54, 1.807) is 0 Å². The third-order valence-electron chi connectivity index (χ3n) is 8.60. The van der Waals surface area contributed by atoms with Crippen LogP contribution in [0.4, 0.5) is 0 Å². The Morgan fingerprint density at radius 2 is 0.955 bits per heavy atom. The lowest BCUT2D eigenvalue weighted by Crippen LogP contribution is -2.28.